The van der Waals surface area contributed by atoms with Crippen LogP contribution in [0.3, 0.4) is 0 Å². The van der Waals surface area contributed by atoms with Crippen LogP contribution in [-0.4, -0.2) is 8.42 Å². The Hall–Kier alpha value is -1.99. The van der Waals surface area contributed by atoms with Crippen LogP contribution in [0.1, 0.15) is 11.1 Å². The van der Waals surface area contributed by atoms with Gasteiger partial charge in [-0.25, -0.2) is 17.2 Å². The van der Waals surface area contributed by atoms with Crippen molar-refractivity contribution < 1.29 is 17.2 Å². The third-order valence-electron chi connectivity index (χ3n) is 3.08. The van der Waals surface area contributed by atoms with Crippen LogP contribution in [0.4, 0.5) is 14.5 Å². The lowest BCUT2D eigenvalue weighted by atomic mass is 10.1. The van der Waals surface area contributed by atoms with Gasteiger partial charge in [-0.15, -0.1) is 0 Å². The summed E-state index contributed by atoms with van der Waals surface area (Å²) in [4.78, 5) is 0.0511. The van der Waals surface area contributed by atoms with Gasteiger partial charge >= 0.3 is 0 Å². The number of nitrogens with one attached hydrogen (secondary N) is 1. The fourth-order valence-electron chi connectivity index (χ4n) is 1.94. The molecule has 0 fully saturated rings. The quantitative estimate of drug-likeness (QED) is 0.911. The molecular weight excluding hydrogens is 298 g/mol. The van der Waals surface area contributed by atoms with Crippen LogP contribution in [0.25, 0.3) is 0 Å². The molecule has 21 heavy (non-hydrogen) atoms. The van der Waals surface area contributed by atoms with E-state index in [2.05, 4.69) is 4.72 Å². The molecule has 0 radical (unpaired) electrons. The first-order valence-electron chi connectivity index (χ1n) is 6.11. The lowest BCUT2D eigenvalue weighted by molar-refractivity contribution is 0.509. The smallest absolute Gasteiger partial charge is 0.262 e. The summed E-state index contributed by atoms with van der Waals surface area (Å²) in [6.45, 7) is 1.85. The second kappa shape index (κ2) is 5.79. The zero-order valence-corrected chi connectivity index (χ0v) is 12.0. The number of nitrogens with two attached hydrogens (primary N) is 1. The van der Waals surface area contributed by atoms with Crippen LogP contribution in [0, 0.1) is 18.6 Å². The molecule has 0 aromatic heterocycles. The molecule has 7 heteroatoms. The van der Waals surface area contributed by atoms with E-state index in [1.54, 1.807) is 19.1 Å². The number of benzene rings is 2. The molecule has 0 bridgehead atoms. The second-order valence-corrected chi connectivity index (χ2v) is 6.13. The summed E-state index contributed by atoms with van der Waals surface area (Å²) < 4.78 is 52.8. The summed E-state index contributed by atoms with van der Waals surface area (Å²) >= 11 is 0. The van der Waals surface area contributed by atoms with Gasteiger partial charge in [0.1, 0.15) is 0 Å². The molecule has 0 amide bonds. The molecule has 0 saturated heterocycles. The molecule has 2 aromatic rings. The molecule has 4 nitrogen and oxygen atoms in total. The number of sulfonamides is 1. The van der Waals surface area contributed by atoms with Gasteiger partial charge in [0, 0.05) is 12.6 Å². The third-order valence-corrected chi connectivity index (χ3v) is 4.60. The number of hydrogen-bond donors (Lipinski definition) is 2. The number of halogens is 2. The van der Waals surface area contributed by atoms with Gasteiger partial charge in [-0.3, -0.25) is 4.72 Å². The van der Waals surface area contributed by atoms with Gasteiger partial charge in [0.15, 0.2) is 11.6 Å². The molecule has 0 heterocycles. The zero-order chi connectivity index (χ0) is 15.6. The molecule has 0 spiro atoms. The van der Waals surface area contributed by atoms with Gasteiger partial charge in [0.05, 0.1) is 10.6 Å². The number of rotatable bonds is 4. The largest absolute Gasteiger partial charge is 0.326 e. The van der Waals surface area contributed by atoms with Crippen molar-refractivity contribution in [2.24, 2.45) is 5.73 Å². The SMILES string of the molecule is Cc1c(CN)cccc1S(=O)(=O)Nc1ccc(F)c(F)c1. The van der Waals surface area contributed by atoms with Crippen LogP contribution >= 0.6 is 0 Å². The van der Waals surface area contributed by atoms with Crippen molar-refractivity contribution in [2.45, 2.75) is 18.4 Å². The zero-order valence-electron chi connectivity index (χ0n) is 11.2. The van der Waals surface area contributed by atoms with Gasteiger partial charge in [-0.2, -0.15) is 0 Å². The Morgan fingerprint density at radius 1 is 1.14 bits per heavy atom. The van der Waals surface area contributed by atoms with Gasteiger partial charge in [-0.1, -0.05) is 12.1 Å². The van der Waals surface area contributed by atoms with Crippen LogP contribution in [0.5, 0.6) is 0 Å². The Morgan fingerprint density at radius 2 is 1.86 bits per heavy atom. The van der Waals surface area contributed by atoms with Crippen molar-refractivity contribution in [3.05, 3.63) is 59.2 Å². The summed E-state index contributed by atoms with van der Waals surface area (Å²) in [6, 6.07) is 7.53. The maximum absolute atomic E-state index is 13.1. The standard InChI is InChI=1S/C14H14F2N2O2S/c1-9-10(8-17)3-2-4-14(9)21(19,20)18-11-5-6-12(15)13(16)7-11/h2-7,18H,8,17H2,1H3. The van der Waals surface area contributed by atoms with Crippen molar-refractivity contribution in [1.29, 1.82) is 0 Å². The molecule has 0 atom stereocenters. The Morgan fingerprint density at radius 3 is 2.48 bits per heavy atom. The maximum Gasteiger partial charge on any atom is 0.262 e. The normalized spacial score (nSPS) is 11.4. The molecule has 0 aliphatic carbocycles. The molecule has 0 unspecified atom stereocenters. The van der Waals surface area contributed by atoms with Crippen molar-refractivity contribution in [3.63, 3.8) is 0 Å². The van der Waals surface area contributed by atoms with Crippen molar-refractivity contribution in [2.75, 3.05) is 4.72 Å². The minimum absolute atomic E-state index is 0.0496. The maximum atomic E-state index is 13.1. The van der Waals surface area contributed by atoms with E-state index in [1.807, 2.05) is 0 Å². The molecule has 0 saturated carbocycles. The van der Waals surface area contributed by atoms with E-state index in [9.17, 15) is 17.2 Å². The summed E-state index contributed by atoms with van der Waals surface area (Å²) in [7, 11) is -3.90. The Labute approximate surface area is 121 Å². The van der Waals surface area contributed by atoms with Gasteiger partial charge < -0.3 is 5.73 Å². The third kappa shape index (κ3) is 3.20. The Bertz CT molecular complexity index is 777. The van der Waals surface area contributed by atoms with E-state index in [0.29, 0.717) is 11.1 Å². The predicted molar refractivity (Wildman–Crippen MR) is 76.2 cm³/mol. The van der Waals surface area contributed by atoms with Crippen LogP contribution in [-0.2, 0) is 16.6 Å². The second-order valence-electron chi connectivity index (χ2n) is 4.48. The average molecular weight is 312 g/mol. The lowest BCUT2D eigenvalue weighted by Gasteiger charge is -2.12. The van der Waals surface area contributed by atoms with E-state index in [0.717, 1.165) is 18.2 Å². The molecule has 2 aromatic carbocycles. The minimum atomic E-state index is -3.90. The summed E-state index contributed by atoms with van der Waals surface area (Å²) in [5.41, 5.74) is 6.72. The number of hydrogen-bond acceptors (Lipinski definition) is 3. The van der Waals surface area contributed by atoms with Crippen molar-refractivity contribution >= 4 is 15.7 Å². The highest BCUT2D eigenvalue weighted by Gasteiger charge is 2.18. The minimum Gasteiger partial charge on any atom is -0.326 e. The first-order valence-corrected chi connectivity index (χ1v) is 7.60. The fourth-order valence-corrected chi connectivity index (χ4v) is 3.28. The molecular formula is C14H14F2N2O2S. The van der Waals surface area contributed by atoms with E-state index >= 15 is 0 Å². The van der Waals surface area contributed by atoms with Crippen LogP contribution < -0.4 is 10.5 Å². The first kappa shape index (κ1) is 15.4. The summed E-state index contributed by atoms with van der Waals surface area (Å²) in [5.74, 6) is -2.16. The highest BCUT2D eigenvalue weighted by molar-refractivity contribution is 7.92. The Balaban J connectivity index is 2.41. The highest BCUT2D eigenvalue weighted by Crippen LogP contribution is 2.22. The molecule has 3 N–H and O–H groups in total. The molecule has 112 valence electrons. The molecule has 0 aliphatic heterocycles. The van der Waals surface area contributed by atoms with E-state index < -0.39 is 21.7 Å². The van der Waals surface area contributed by atoms with Crippen molar-refractivity contribution in [1.82, 2.24) is 0 Å². The van der Waals surface area contributed by atoms with Gasteiger partial charge in [-0.05, 0) is 36.2 Å². The monoisotopic (exact) mass is 312 g/mol. The average Bonchev–Trinajstić information content (AvgIpc) is 2.42. The van der Waals surface area contributed by atoms with Crippen LogP contribution in [0.15, 0.2) is 41.3 Å². The topological polar surface area (TPSA) is 72.2 Å². The van der Waals surface area contributed by atoms with E-state index in [4.69, 9.17) is 5.73 Å². The van der Waals surface area contributed by atoms with Gasteiger partial charge in [0.2, 0.25) is 0 Å². The first-order chi connectivity index (χ1) is 9.85. The summed E-state index contributed by atoms with van der Waals surface area (Å²) in [6.07, 6.45) is 0. The van der Waals surface area contributed by atoms with E-state index in [-0.39, 0.29) is 17.1 Å². The lowest BCUT2D eigenvalue weighted by Crippen LogP contribution is -2.15. The van der Waals surface area contributed by atoms with Gasteiger partial charge in [0.25, 0.3) is 10.0 Å². The molecule has 2 rings (SSSR count). The molecule has 0 aliphatic rings. The Kier molecular flexibility index (Phi) is 4.24. The number of anilines is 1. The van der Waals surface area contributed by atoms with Crippen molar-refractivity contribution in [3.8, 4) is 0 Å². The van der Waals surface area contributed by atoms with E-state index in [1.165, 1.54) is 6.07 Å². The predicted octanol–water partition coefficient (Wildman–Crippen LogP) is 2.53. The van der Waals surface area contributed by atoms with Crippen LogP contribution in [0.2, 0.25) is 0 Å². The highest BCUT2D eigenvalue weighted by atomic mass is 32.2. The summed E-state index contributed by atoms with van der Waals surface area (Å²) in [5, 5.41) is 0. The fraction of sp³-hybridized carbons (Fsp3) is 0.143.